The van der Waals surface area contributed by atoms with Crippen LogP contribution in [-0.4, -0.2) is 35.2 Å². The zero-order valence-corrected chi connectivity index (χ0v) is 13.1. The topological polar surface area (TPSA) is 78.4 Å². The van der Waals surface area contributed by atoms with Crippen LogP contribution in [0.5, 0.6) is 0 Å². The molecule has 0 aromatic heterocycles. The zero-order valence-electron chi connectivity index (χ0n) is 10.7. The van der Waals surface area contributed by atoms with E-state index < -0.39 is 23.9 Å². The van der Waals surface area contributed by atoms with Crippen molar-refractivity contribution in [2.75, 3.05) is 17.3 Å². The number of carboxylic acids is 1. The smallest absolute Gasteiger partial charge is 0.326 e. The molecule has 110 valence electrons. The maximum Gasteiger partial charge on any atom is 0.326 e. The molecule has 0 radical (unpaired) electrons. The Morgan fingerprint density at radius 1 is 1.50 bits per heavy atom. The van der Waals surface area contributed by atoms with Crippen molar-refractivity contribution in [1.29, 1.82) is 0 Å². The first-order valence-electron chi connectivity index (χ1n) is 5.68. The third-order valence-electron chi connectivity index (χ3n) is 2.39. The Hall–Kier alpha value is -1.28. The third-order valence-corrected chi connectivity index (χ3v) is 3.69. The largest absolute Gasteiger partial charge is 0.480 e. The first-order chi connectivity index (χ1) is 9.43. The quantitative estimate of drug-likeness (QED) is 0.724. The molecule has 1 aromatic carbocycles. The molecule has 0 aliphatic carbocycles. The number of benzene rings is 1. The third kappa shape index (κ3) is 5.38. The van der Waals surface area contributed by atoms with E-state index >= 15 is 0 Å². The average Bonchev–Trinajstić information content (AvgIpc) is 2.37. The number of carbonyl (C=O) groups excluding carboxylic acids is 1. The molecule has 5 nitrogen and oxygen atoms in total. The van der Waals surface area contributed by atoms with Gasteiger partial charge >= 0.3 is 12.0 Å². The van der Waals surface area contributed by atoms with Crippen molar-refractivity contribution < 1.29 is 19.1 Å². The van der Waals surface area contributed by atoms with Gasteiger partial charge in [-0.05, 0) is 52.6 Å². The molecular formula is C12H14BrFN2O3S. The summed E-state index contributed by atoms with van der Waals surface area (Å²) in [6.45, 7) is 0. The fraction of sp³-hybridized carbons (Fsp3) is 0.333. The summed E-state index contributed by atoms with van der Waals surface area (Å²) in [5, 5.41) is 13.8. The van der Waals surface area contributed by atoms with Crippen molar-refractivity contribution in [2.24, 2.45) is 0 Å². The van der Waals surface area contributed by atoms with Gasteiger partial charge in [-0.15, -0.1) is 0 Å². The molecule has 2 amide bonds. The number of carboxylic acid groups (broad SMARTS) is 1. The van der Waals surface area contributed by atoms with E-state index in [9.17, 15) is 14.0 Å². The van der Waals surface area contributed by atoms with Crippen LogP contribution in [0.1, 0.15) is 6.42 Å². The van der Waals surface area contributed by atoms with Crippen LogP contribution in [0.4, 0.5) is 14.9 Å². The minimum Gasteiger partial charge on any atom is -0.480 e. The van der Waals surface area contributed by atoms with Crippen LogP contribution >= 0.6 is 27.7 Å². The predicted octanol–water partition coefficient (Wildman–Crippen LogP) is 2.92. The molecule has 1 aromatic rings. The SMILES string of the molecule is CSCC[C@@H](NC(=O)Nc1ccc(F)cc1Br)C(=O)O. The molecule has 8 heteroatoms. The standard InChI is InChI=1S/C12H14BrFN2O3S/c1-20-5-4-10(11(17)18)16-12(19)15-9-3-2-7(14)6-8(9)13/h2-3,6,10H,4-5H2,1H3,(H,17,18)(H2,15,16,19)/t10-/m1/s1. The number of hydrogen-bond donors (Lipinski definition) is 3. The lowest BCUT2D eigenvalue weighted by molar-refractivity contribution is -0.139. The number of thioether (sulfide) groups is 1. The number of hydrogen-bond acceptors (Lipinski definition) is 3. The summed E-state index contributed by atoms with van der Waals surface area (Å²) < 4.78 is 13.3. The van der Waals surface area contributed by atoms with E-state index in [-0.39, 0.29) is 0 Å². The monoisotopic (exact) mass is 364 g/mol. The highest BCUT2D eigenvalue weighted by molar-refractivity contribution is 9.10. The maximum absolute atomic E-state index is 12.9. The van der Waals surface area contributed by atoms with Crippen molar-refractivity contribution in [2.45, 2.75) is 12.5 Å². The number of urea groups is 1. The van der Waals surface area contributed by atoms with Crippen molar-refractivity contribution in [3.8, 4) is 0 Å². The van der Waals surface area contributed by atoms with Crippen molar-refractivity contribution in [3.63, 3.8) is 0 Å². The minimum atomic E-state index is -1.09. The molecule has 0 spiro atoms. The zero-order chi connectivity index (χ0) is 15.1. The van der Waals surface area contributed by atoms with E-state index in [0.717, 1.165) is 0 Å². The molecular weight excluding hydrogens is 351 g/mol. The number of halogens is 2. The van der Waals surface area contributed by atoms with E-state index in [2.05, 4.69) is 26.6 Å². The molecule has 0 aliphatic rings. The van der Waals surface area contributed by atoms with Gasteiger partial charge in [-0.1, -0.05) is 0 Å². The van der Waals surface area contributed by atoms with Crippen molar-refractivity contribution >= 4 is 45.4 Å². The summed E-state index contributed by atoms with van der Waals surface area (Å²) in [4.78, 5) is 22.7. The van der Waals surface area contributed by atoms with Gasteiger partial charge in [-0.3, -0.25) is 0 Å². The van der Waals surface area contributed by atoms with Crippen molar-refractivity contribution in [1.82, 2.24) is 5.32 Å². The maximum atomic E-state index is 12.9. The van der Waals surface area contributed by atoms with E-state index in [0.29, 0.717) is 22.3 Å². The van der Waals surface area contributed by atoms with Crippen LogP contribution in [0.25, 0.3) is 0 Å². The van der Waals surface area contributed by atoms with Gasteiger partial charge in [0.1, 0.15) is 11.9 Å². The van der Waals surface area contributed by atoms with Gasteiger partial charge in [-0.25, -0.2) is 14.0 Å². The second-order valence-electron chi connectivity index (χ2n) is 3.89. The number of anilines is 1. The molecule has 1 rings (SSSR count). The summed E-state index contributed by atoms with van der Waals surface area (Å²) in [6.07, 6.45) is 2.18. The van der Waals surface area contributed by atoms with Gasteiger partial charge in [0, 0.05) is 4.47 Å². The lowest BCUT2D eigenvalue weighted by atomic mass is 10.2. The van der Waals surface area contributed by atoms with Crippen LogP contribution < -0.4 is 10.6 Å². The van der Waals surface area contributed by atoms with E-state index in [4.69, 9.17) is 5.11 Å². The normalized spacial score (nSPS) is 11.8. The fourth-order valence-corrected chi connectivity index (χ4v) is 2.32. The Labute approximate surface area is 128 Å². The number of nitrogens with one attached hydrogen (secondary N) is 2. The lowest BCUT2D eigenvalue weighted by Gasteiger charge is -2.15. The average molecular weight is 365 g/mol. The Bertz CT molecular complexity index is 502. The van der Waals surface area contributed by atoms with Crippen LogP contribution in [0.2, 0.25) is 0 Å². The molecule has 0 heterocycles. The van der Waals surface area contributed by atoms with Crippen LogP contribution in [0.15, 0.2) is 22.7 Å². The summed E-state index contributed by atoms with van der Waals surface area (Å²) in [6, 6.07) is 2.18. The Morgan fingerprint density at radius 3 is 2.75 bits per heavy atom. The Morgan fingerprint density at radius 2 is 2.20 bits per heavy atom. The number of carbonyl (C=O) groups is 2. The van der Waals surface area contributed by atoms with Gasteiger partial charge in [0.15, 0.2) is 0 Å². The molecule has 0 saturated heterocycles. The highest BCUT2D eigenvalue weighted by Crippen LogP contribution is 2.22. The molecule has 0 bridgehead atoms. The van der Waals surface area contributed by atoms with Gasteiger partial charge in [0.25, 0.3) is 0 Å². The Kier molecular flexibility index (Phi) is 6.80. The minimum absolute atomic E-state index is 0.328. The lowest BCUT2D eigenvalue weighted by Crippen LogP contribution is -2.43. The van der Waals surface area contributed by atoms with Crippen LogP contribution in [0.3, 0.4) is 0 Å². The fourth-order valence-electron chi connectivity index (χ4n) is 1.40. The van der Waals surface area contributed by atoms with E-state index in [1.165, 1.54) is 30.0 Å². The molecule has 3 N–H and O–H groups in total. The van der Waals surface area contributed by atoms with Crippen LogP contribution in [-0.2, 0) is 4.79 Å². The number of aliphatic carboxylic acids is 1. The summed E-state index contributed by atoms with van der Waals surface area (Å²) in [7, 11) is 0. The summed E-state index contributed by atoms with van der Waals surface area (Å²) in [5.41, 5.74) is 0.359. The summed E-state index contributed by atoms with van der Waals surface area (Å²) in [5.74, 6) is -0.907. The number of rotatable bonds is 6. The Balaban J connectivity index is 2.63. The van der Waals surface area contributed by atoms with Gasteiger partial charge in [-0.2, -0.15) is 11.8 Å². The molecule has 20 heavy (non-hydrogen) atoms. The highest BCUT2D eigenvalue weighted by Gasteiger charge is 2.19. The molecule has 0 aliphatic heterocycles. The van der Waals surface area contributed by atoms with Gasteiger partial charge in [0.05, 0.1) is 5.69 Å². The van der Waals surface area contributed by atoms with Gasteiger partial charge in [0.2, 0.25) is 0 Å². The molecule has 0 fully saturated rings. The second-order valence-corrected chi connectivity index (χ2v) is 5.73. The predicted molar refractivity (Wildman–Crippen MR) is 80.7 cm³/mol. The first-order valence-corrected chi connectivity index (χ1v) is 7.87. The van der Waals surface area contributed by atoms with E-state index in [1.54, 1.807) is 0 Å². The number of amides is 2. The summed E-state index contributed by atoms with van der Waals surface area (Å²) >= 11 is 4.61. The molecule has 1 atom stereocenters. The first kappa shape index (κ1) is 16.8. The highest BCUT2D eigenvalue weighted by atomic mass is 79.9. The van der Waals surface area contributed by atoms with Gasteiger partial charge < -0.3 is 15.7 Å². The van der Waals surface area contributed by atoms with E-state index in [1.807, 2.05) is 6.26 Å². The second kappa shape index (κ2) is 8.11. The van der Waals surface area contributed by atoms with Crippen LogP contribution in [0, 0.1) is 5.82 Å². The van der Waals surface area contributed by atoms with Crippen molar-refractivity contribution in [3.05, 3.63) is 28.5 Å². The molecule has 0 unspecified atom stereocenters. The molecule has 0 saturated carbocycles.